The molecule has 0 fully saturated rings. The van der Waals surface area contributed by atoms with Gasteiger partial charge in [0.05, 0.1) is 24.6 Å². The number of fused-ring (bicyclic) bond motifs is 1. The van der Waals surface area contributed by atoms with Crippen LogP contribution in [-0.2, 0) is 11.3 Å². The Kier molecular flexibility index (Phi) is 5.39. The fourth-order valence-electron chi connectivity index (χ4n) is 3.02. The van der Waals surface area contributed by atoms with Crippen LogP contribution in [0.2, 0.25) is 0 Å². The smallest absolute Gasteiger partial charge is 0.225 e. The molecule has 5 heteroatoms. The van der Waals surface area contributed by atoms with Gasteiger partial charge in [0.2, 0.25) is 5.91 Å². The van der Waals surface area contributed by atoms with Crippen molar-refractivity contribution in [2.75, 3.05) is 26.2 Å². The summed E-state index contributed by atoms with van der Waals surface area (Å²) in [5.41, 5.74) is 1.15. The number of aromatic nitrogens is 2. The average molecular weight is 292 g/mol. The van der Waals surface area contributed by atoms with Gasteiger partial charge in [-0.1, -0.05) is 27.7 Å². The van der Waals surface area contributed by atoms with E-state index in [1.807, 2.05) is 31.3 Å². The van der Waals surface area contributed by atoms with Crippen molar-refractivity contribution in [2.24, 2.45) is 5.92 Å². The Morgan fingerprint density at radius 1 is 1.43 bits per heavy atom. The summed E-state index contributed by atoms with van der Waals surface area (Å²) in [6.07, 6.45) is 4.87. The lowest BCUT2D eigenvalue weighted by atomic mass is 10.1. The van der Waals surface area contributed by atoms with E-state index in [0.717, 1.165) is 38.3 Å². The van der Waals surface area contributed by atoms with Gasteiger partial charge in [0.1, 0.15) is 0 Å². The number of hydrogen-bond donors (Lipinski definition) is 0. The Morgan fingerprint density at radius 3 is 2.76 bits per heavy atom. The first-order valence-corrected chi connectivity index (χ1v) is 8.08. The normalized spacial score (nSPS) is 18.4. The molecule has 0 N–H and O–H groups in total. The standard InChI is InChI=1S/C16H28N4O/c1-5-18(6-2)8-7-14-10-19(16(21)13(3)4)11-15-9-17-12-20(14)15/h9,12-14H,5-8,10-11H2,1-4H3/t14-/m0/s1. The van der Waals surface area contributed by atoms with Crippen LogP contribution in [0.25, 0.3) is 0 Å². The SMILES string of the molecule is CCN(CC)CC[C@H]1CN(C(=O)C(C)C)Cc2cncn21. The zero-order valence-corrected chi connectivity index (χ0v) is 13.7. The van der Waals surface area contributed by atoms with E-state index in [1.54, 1.807) is 0 Å². The Bertz CT molecular complexity index is 465. The Hall–Kier alpha value is -1.36. The van der Waals surface area contributed by atoms with Crippen molar-refractivity contribution in [3.05, 3.63) is 18.2 Å². The third kappa shape index (κ3) is 3.64. The molecule has 0 spiro atoms. The van der Waals surface area contributed by atoms with Crippen molar-refractivity contribution in [1.29, 1.82) is 0 Å². The summed E-state index contributed by atoms with van der Waals surface area (Å²) in [4.78, 5) is 21.0. The Balaban J connectivity index is 2.08. The first-order valence-electron chi connectivity index (χ1n) is 8.08. The van der Waals surface area contributed by atoms with Gasteiger partial charge >= 0.3 is 0 Å². The molecule has 0 radical (unpaired) electrons. The second-order valence-electron chi connectivity index (χ2n) is 6.14. The minimum Gasteiger partial charge on any atom is -0.335 e. The number of rotatable bonds is 6. The number of hydrogen-bond acceptors (Lipinski definition) is 3. The summed E-state index contributed by atoms with van der Waals surface area (Å²) in [6.45, 7) is 13.1. The van der Waals surface area contributed by atoms with Crippen molar-refractivity contribution < 1.29 is 4.79 Å². The molecule has 1 aliphatic heterocycles. The van der Waals surface area contributed by atoms with Crippen LogP contribution in [-0.4, -0.2) is 51.4 Å². The van der Waals surface area contributed by atoms with Gasteiger partial charge in [0.15, 0.2) is 0 Å². The first kappa shape index (κ1) is 16.0. The molecule has 0 aromatic carbocycles. The number of imidazole rings is 1. The summed E-state index contributed by atoms with van der Waals surface area (Å²) >= 11 is 0. The number of carbonyl (C=O) groups excluding carboxylic acids is 1. The van der Waals surface area contributed by atoms with Gasteiger partial charge in [0, 0.05) is 25.2 Å². The average Bonchev–Trinajstić information content (AvgIpc) is 2.95. The Morgan fingerprint density at radius 2 is 2.14 bits per heavy atom. The molecule has 0 saturated heterocycles. The second kappa shape index (κ2) is 7.07. The van der Waals surface area contributed by atoms with Crippen LogP contribution in [0.1, 0.15) is 45.9 Å². The van der Waals surface area contributed by atoms with E-state index in [-0.39, 0.29) is 11.8 Å². The van der Waals surface area contributed by atoms with Crippen LogP contribution in [0.15, 0.2) is 12.5 Å². The fourth-order valence-corrected chi connectivity index (χ4v) is 3.02. The van der Waals surface area contributed by atoms with E-state index in [4.69, 9.17) is 0 Å². The topological polar surface area (TPSA) is 41.4 Å². The molecular weight excluding hydrogens is 264 g/mol. The molecule has 1 aliphatic rings. The van der Waals surface area contributed by atoms with Crippen molar-refractivity contribution in [2.45, 2.75) is 46.7 Å². The number of nitrogens with zero attached hydrogens (tertiary/aromatic N) is 4. The van der Waals surface area contributed by atoms with Crippen LogP contribution < -0.4 is 0 Å². The van der Waals surface area contributed by atoms with Crippen LogP contribution in [0.4, 0.5) is 0 Å². The molecule has 1 aromatic rings. The highest BCUT2D eigenvalue weighted by atomic mass is 16.2. The predicted molar refractivity (Wildman–Crippen MR) is 83.9 cm³/mol. The summed E-state index contributed by atoms with van der Waals surface area (Å²) in [5.74, 6) is 0.304. The molecule has 0 saturated carbocycles. The maximum Gasteiger partial charge on any atom is 0.225 e. The molecule has 0 aliphatic carbocycles. The molecule has 21 heavy (non-hydrogen) atoms. The monoisotopic (exact) mass is 292 g/mol. The summed E-state index contributed by atoms with van der Waals surface area (Å²) in [5, 5.41) is 0. The molecule has 0 bridgehead atoms. The number of carbonyl (C=O) groups is 1. The van der Waals surface area contributed by atoms with Gasteiger partial charge in [-0.3, -0.25) is 4.79 Å². The number of amides is 1. The summed E-state index contributed by atoms with van der Waals surface area (Å²) in [7, 11) is 0. The molecule has 1 atom stereocenters. The molecule has 118 valence electrons. The molecule has 2 rings (SSSR count). The Labute approximate surface area is 127 Å². The van der Waals surface area contributed by atoms with Gasteiger partial charge < -0.3 is 14.4 Å². The van der Waals surface area contributed by atoms with Crippen LogP contribution in [0, 0.1) is 5.92 Å². The van der Waals surface area contributed by atoms with Crippen molar-refractivity contribution in [1.82, 2.24) is 19.4 Å². The maximum atomic E-state index is 12.3. The van der Waals surface area contributed by atoms with Gasteiger partial charge in [-0.2, -0.15) is 0 Å². The molecule has 1 aromatic heterocycles. The molecule has 1 amide bonds. The van der Waals surface area contributed by atoms with E-state index in [1.165, 1.54) is 0 Å². The molecule has 2 heterocycles. The van der Waals surface area contributed by atoms with Crippen molar-refractivity contribution in [3.63, 3.8) is 0 Å². The van der Waals surface area contributed by atoms with Crippen molar-refractivity contribution in [3.8, 4) is 0 Å². The second-order valence-corrected chi connectivity index (χ2v) is 6.14. The highest BCUT2D eigenvalue weighted by Crippen LogP contribution is 2.25. The van der Waals surface area contributed by atoms with Crippen LogP contribution in [0.3, 0.4) is 0 Å². The third-order valence-corrected chi connectivity index (χ3v) is 4.40. The van der Waals surface area contributed by atoms with Gasteiger partial charge in [-0.15, -0.1) is 0 Å². The largest absolute Gasteiger partial charge is 0.335 e. The zero-order chi connectivity index (χ0) is 15.4. The van der Waals surface area contributed by atoms with E-state index < -0.39 is 0 Å². The van der Waals surface area contributed by atoms with Crippen molar-refractivity contribution >= 4 is 5.91 Å². The van der Waals surface area contributed by atoms with E-state index >= 15 is 0 Å². The summed E-state index contributed by atoms with van der Waals surface area (Å²) in [6, 6.07) is 0.347. The van der Waals surface area contributed by atoms with Crippen LogP contribution >= 0.6 is 0 Å². The van der Waals surface area contributed by atoms with E-state index in [0.29, 0.717) is 12.6 Å². The third-order valence-electron chi connectivity index (χ3n) is 4.40. The highest BCUT2D eigenvalue weighted by molar-refractivity contribution is 5.78. The lowest BCUT2D eigenvalue weighted by Crippen LogP contribution is -2.43. The highest BCUT2D eigenvalue weighted by Gasteiger charge is 2.28. The fraction of sp³-hybridized carbons (Fsp3) is 0.750. The zero-order valence-electron chi connectivity index (χ0n) is 13.7. The predicted octanol–water partition coefficient (Wildman–Crippen LogP) is 2.15. The first-order chi connectivity index (χ1) is 10.1. The lowest BCUT2D eigenvalue weighted by molar-refractivity contribution is -0.136. The summed E-state index contributed by atoms with van der Waals surface area (Å²) < 4.78 is 2.26. The van der Waals surface area contributed by atoms with Gasteiger partial charge in [0.25, 0.3) is 0 Å². The van der Waals surface area contributed by atoms with E-state index in [9.17, 15) is 4.79 Å². The molecule has 5 nitrogen and oxygen atoms in total. The molecule has 0 unspecified atom stereocenters. The minimum absolute atomic E-state index is 0.0582. The maximum absolute atomic E-state index is 12.3. The minimum atomic E-state index is 0.0582. The van der Waals surface area contributed by atoms with Crippen LogP contribution in [0.5, 0.6) is 0 Å². The van der Waals surface area contributed by atoms with Gasteiger partial charge in [-0.05, 0) is 19.5 Å². The quantitative estimate of drug-likeness (QED) is 0.807. The lowest BCUT2D eigenvalue weighted by Gasteiger charge is -2.36. The van der Waals surface area contributed by atoms with Gasteiger partial charge in [-0.25, -0.2) is 4.98 Å². The van der Waals surface area contributed by atoms with E-state index in [2.05, 4.69) is 28.3 Å². The molecular formula is C16H28N4O.